The molecule has 118 valence electrons. The van der Waals surface area contributed by atoms with Crippen LogP contribution in [0, 0.1) is 0 Å². The van der Waals surface area contributed by atoms with Crippen molar-refractivity contribution in [2.45, 2.75) is 19.0 Å². The Kier molecular flexibility index (Phi) is 5.70. The number of hydrogen-bond acceptors (Lipinski definition) is 5. The minimum Gasteiger partial charge on any atom is -0.480 e. The molecule has 0 spiro atoms. The van der Waals surface area contributed by atoms with Crippen molar-refractivity contribution in [2.75, 3.05) is 12.0 Å². The fourth-order valence-electron chi connectivity index (χ4n) is 1.52. The molecule has 0 aliphatic rings. The van der Waals surface area contributed by atoms with Gasteiger partial charge in [0.1, 0.15) is 21.7 Å². The molecule has 1 rings (SSSR count). The fourth-order valence-corrected chi connectivity index (χ4v) is 2.19. The number of aryl methyl sites for hydroxylation is 1. The molecule has 0 saturated heterocycles. The molecular formula is C11H18N4O5S. The summed E-state index contributed by atoms with van der Waals surface area (Å²) in [5.41, 5.74) is 0. The van der Waals surface area contributed by atoms with E-state index < -0.39 is 27.9 Å². The molecule has 1 aromatic heterocycles. The van der Waals surface area contributed by atoms with Crippen LogP contribution >= 0.6 is 0 Å². The highest BCUT2D eigenvalue weighted by molar-refractivity contribution is 7.90. The monoisotopic (exact) mass is 318 g/mol. The summed E-state index contributed by atoms with van der Waals surface area (Å²) in [7, 11) is -1.53. The summed E-state index contributed by atoms with van der Waals surface area (Å²) in [5.74, 6) is -0.997. The van der Waals surface area contributed by atoms with Crippen LogP contribution in [0.1, 0.15) is 12.2 Å². The molecule has 3 N–H and O–H groups in total. The number of rotatable bonds is 7. The number of aromatic nitrogens is 2. The van der Waals surface area contributed by atoms with Crippen molar-refractivity contribution in [2.24, 2.45) is 7.05 Å². The van der Waals surface area contributed by atoms with E-state index in [0.29, 0.717) is 5.82 Å². The number of sulfone groups is 1. The van der Waals surface area contributed by atoms with Crippen molar-refractivity contribution in [1.82, 2.24) is 20.2 Å². The minimum absolute atomic E-state index is 0.133. The summed E-state index contributed by atoms with van der Waals surface area (Å²) < 4.78 is 23.8. The highest BCUT2D eigenvalue weighted by Crippen LogP contribution is 1.98. The van der Waals surface area contributed by atoms with E-state index in [0.717, 1.165) is 6.26 Å². The molecule has 1 unspecified atom stereocenters. The first-order chi connectivity index (χ1) is 9.69. The Morgan fingerprint density at radius 3 is 2.62 bits per heavy atom. The summed E-state index contributed by atoms with van der Waals surface area (Å²) in [5, 5.41) is 13.6. The van der Waals surface area contributed by atoms with Gasteiger partial charge in [-0.2, -0.15) is 0 Å². The third-order valence-corrected chi connectivity index (χ3v) is 3.69. The first-order valence-corrected chi connectivity index (χ1v) is 8.16. The number of imidazole rings is 1. The van der Waals surface area contributed by atoms with Crippen LogP contribution in [0.25, 0.3) is 0 Å². The van der Waals surface area contributed by atoms with Gasteiger partial charge in [-0.15, -0.1) is 0 Å². The molecular weight excluding hydrogens is 300 g/mol. The summed E-state index contributed by atoms with van der Waals surface area (Å²) in [4.78, 5) is 26.6. The molecule has 2 amide bonds. The lowest BCUT2D eigenvalue weighted by Gasteiger charge is -2.14. The van der Waals surface area contributed by atoms with Gasteiger partial charge in [-0.1, -0.05) is 0 Å². The second-order valence-corrected chi connectivity index (χ2v) is 6.85. The van der Waals surface area contributed by atoms with Crippen LogP contribution in [0.4, 0.5) is 4.79 Å². The largest absolute Gasteiger partial charge is 0.480 e. The number of urea groups is 1. The molecule has 21 heavy (non-hydrogen) atoms. The van der Waals surface area contributed by atoms with Gasteiger partial charge in [-0.3, -0.25) is 0 Å². The Hall–Kier alpha value is -2.10. The van der Waals surface area contributed by atoms with E-state index in [1.165, 1.54) is 0 Å². The molecule has 1 aromatic rings. The second-order valence-electron chi connectivity index (χ2n) is 4.59. The average molecular weight is 318 g/mol. The quantitative estimate of drug-likeness (QED) is 0.597. The molecule has 0 bridgehead atoms. The maximum Gasteiger partial charge on any atom is 0.326 e. The van der Waals surface area contributed by atoms with E-state index in [1.807, 2.05) is 0 Å². The zero-order valence-corrected chi connectivity index (χ0v) is 12.6. The number of carboxylic acids is 1. The minimum atomic E-state index is -3.29. The molecule has 0 aliphatic heterocycles. The maximum atomic E-state index is 11.6. The van der Waals surface area contributed by atoms with Gasteiger partial charge in [-0.25, -0.2) is 23.0 Å². The Morgan fingerprint density at radius 1 is 1.48 bits per heavy atom. The van der Waals surface area contributed by atoms with Crippen LogP contribution in [-0.2, 0) is 28.2 Å². The lowest BCUT2D eigenvalue weighted by molar-refractivity contribution is -0.139. The van der Waals surface area contributed by atoms with E-state index in [4.69, 9.17) is 5.11 Å². The first kappa shape index (κ1) is 17.0. The predicted molar refractivity (Wildman–Crippen MR) is 74.3 cm³/mol. The van der Waals surface area contributed by atoms with Crippen LogP contribution < -0.4 is 10.6 Å². The molecule has 0 fully saturated rings. The van der Waals surface area contributed by atoms with Gasteiger partial charge in [0.2, 0.25) is 0 Å². The van der Waals surface area contributed by atoms with E-state index in [-0.39, 0.29) is 18.7 Å². The number of carboxylic acid groups (broad SMARTS) is 1. The molecule has 0 radical (unpaired) electrons. The van der Waals surface area contributed by atoms with Crippen LogP contribution in [0.2, 0.25) is 0 Å². The second kappa shape index (κ2) is 7.07. The molecule has 0 saturated carbocycles. The van der Waals surface area contributed by atoms with Gasteiger partial charge in [0.25, 0.3) is 0 Å². The molecule has 0 aromatic carbocycles. The van der Waals surface area contributed by atoms with Gasteiger partial charge in [-0.05, 0) is 6.42 Å². The smallest absolute Gasteiger partial charge is 0.326 e. The number of aliphatic carboxylic acids is 1. The number of carbonyl (C=O) groups is 2. The molecule has 10 heteroatoms. The van der Waals surface area contributed by atoms with Gasteiger partial charge in [0.05, 0.1) is 12.3 Å². The predicted octanol–water partition coefficient (Wildman–Crippen LogP) is -0.893. The number of carbonyl (C=O) groups excluding carboxylic acids is 1. The third-order valence-electron chi connectivity index (χ3n) is 2.71. The maximum absolute atomic E-state index is 11.6. The lowest BCUT2D eigenvalue weighted by Crippen LogP contribution is -2.46. The standard InChI is InChI=1S/C11H18N4O5S/c1-15-5-4-12-9(15)7-13-11(18)14-8(10(16)17)3-6-21(2,19)20/h4-5,8H,3,6-7H2,1-2H3,(H,16,17)(H2,13,14,18). The van der Waals surface area contributed by atoms with E-state index >= 15 is 0 Å². The van der Waals surface area contributed by atoms with Crippen molar-refractivity contribution in [3.63, 3.8) is 0 Å². The molecule has 1 atom stereocenters. The van der Waals surface area contributed by atoms with Crippen LogP contribution in [-0.4, -0.2) is 53.1 Å². The SMILES string of the molecule is Cn1ccnc1CNC(=O)NC(CCS(C)(=O)=O)C(=O)O. The molecule has 9 nitrogen and oxygen atoms in total. The van der Waals surface area contributed by atoms with Crippen molar-refractivity contribution >= 4 is 21.8 Å². The van der Waals surface area contributed by atoms with Crippen LogP contribution in [0.15, 0.2) is 12.4 Å². The summed E-state index contributed by atoms with van der Waals surface area (Å²) >= 11 is 0. The van der Waals surface area contributed by atoms with Gasteiger partial charge < -0.3 is 20.3 Å². The summed E-state index contributed by atoms with van der Waals surface area (Å²) in [6.07, 6.45) is 4.10. The lowest BCUT2D eigenvalue weighted by atomic mass is 10.2. The normalized spacial score (nSPS) is 12.7. The van der Waals surface area contributed by atoms with Crippen molar-refractivity contribution in [3.8, 4) is 0 Å². The van der Waals surface area contributed by atoms with Crippen LogP contribution in [0.5, 0.6) is 0 Å². The topological polar surface area (TPSA) is 130 Å². The molecule has 1 heterocycles. The van der Waals surface area contributed by atoms with Gasteiger partial charge in [0.15, 0.2) is 0 Å². The highest BCUT2D eigenvalue weighted by atomic mass is 32.2. The average Bonchev–Trinajstić information content (AvgIpc) is 2.76. The Labute approximate surface area is 122 Å². The van der Waals surface area contributed by atoms with Crippen LogP contribution in [0.3, 0.4) is 0 Å². The van der Waals surface area contributed by atoms with E-state index in [9.17, 15) is 18.0 Å². The third kappa shape index (κ3) is 6.25. The highest BCUT2D eigenvalue weighted by Gasteiger charge is 2.21. The number of nitrogens with zero attached hydrogens (tertiary/aromatic N) is 2. The first-order valence-electron chi connectivity index (χ1n) is 6.10. The van der Waals surface area contributed by atoms with Crippen molar-refractivity contribution in [1.29, 1.82) is 0 Å². The Bertz CT molecular complexity index is 610. The zero-order chi connectivity index (χ0) is 16.0. The Balaban J connectivity index is 2.49. The number of hydrogen-bond donors (Lipinski definition) is 3. The van der Waals surface area contributed by atoms with E-state index in [1.54, 1.807) is 24.0 Å². The van der Waals surface area contributed by atoms with E-state index in [2.05, 4.69) is 15.6 Å². The van der Waals surface area contributed by atoms with Gasteiger partial charge in [0, 0.05) is 25.7 Å². The molecule has 0 aliphatic carbocycles. The summed E-state index contributed by atoms with van der Waals surface area (Å²) in [6.45, 7) is 0.133. The van der Waals surface area contributed by atoms with Crippen molar-refractivity contribution < 1.29 is 23.1 Å². The number of nitrogens with one attached hydrogen (secondary N) is 2. The fraction of sp³-hybridized carbons (Fsp3) is 0.545. The summed E-state index contributed by atoms with van der Waals surface area (Å²) in [6, 6.07) is -1.96. The zero-order valence-electron chi connectivity index (χ0n) is 11.7. The van der Waals surface area contributed by atoms with Crippen molar-refractivity contribution in [3.05, 3.63) is 18.2 Å². The Morgan fingerprint density at radius 2 is 2.14 bits per heavy atom. The number of amides is 2. The van der Waals surface area contributed by atoms with Gasteiger partial charge >= 0.3 is 12.0 Å².